The Morgan fingerprint density at radius 3 is 2.58 bits per heavy atom. The van der Waals surface area contributed by atoms with Gasteiger partial charge in [-0.2, -0.15) is 0 Å². The first kappa shape index (κ1) is 27.5. The molecule has 3 aliphatic rings. The summed E-state index contributed by atoms with van der Waals surface area (Å²) < 4.78 is 17.2. The summed E-state index contributed by atoms with van der Waals surface area (Å²) in [5.41, 5.74) is -0.188. The SMILES string of the molecule is CCOC(=O)C1(C)Oc2ccccc2C1NC(=O)c1ccc2c(c1)[C@H](N1C(=N)NC(CC)(CC)CC1=O)CCO2. The predicted molar refractivity (Wildman–Crippen MR) is 147 cm³/mol. The molecule has 0 bridgehead atoms. The van der Waals surface area contributed by atoms with Crippen molar-refractivity contribution in [1.29, 1.82) is 5.41 Å². The van der Waals surface area contributed by atoms with Gasteiger partial charge in [-0.3, -0.25) is 19.9 Å². The van der Waals surface area contributed by atoms with Gasteiger partial charge < -0.3 is 24.8 Å². The van der Waals surface area contributed by atoms with E-state index in [4.69, 9.17) is 19.6 Å². The standard InChI is InChI=1S/C30H36N4O6/c1-5-30(6-2)17-24(35)34(28(31)33-30)21-14-15-39-22-13-12-18(16-20(21)22)26(36)32-25-19-10-8-9-11-23(19)40-29(25,4)27(37)38-7-3/h8-13,16,21,25H,5-7,14-15,17H2,1-4H3,(H2,31,33)(H,32,36)/t21-,25?,29?/m1/s1. The summed E-state index contributed by atoms with van der Waals surface area (Å²) >= 11 is 0. The minimum atomic E-state index is -1.44. The molecule has 2 amide bonds. The summed E-state index contributed by atoms with van der Waals surface area (Å²) in [5.74, 6) is 0.0410. The highest BCUT2D eigenvalue weighted by molar-refractivity contribution is 6.00. The van der Waals surface area contributed by atoms with Crippen LogP contribution in [0.3, 0.4) is 0 Å². The van der Waals surface area contributed by atoms with Crippen molar-refractivity contribution in [3.05, 3.63) is 59.2 Å². The number of para-hydroxylation sites is 1. The zero-order valence-electron chi connectivity index (χ0n) is 23.3. The highest BCUT2D eigenvalue weighted by Crippen LogP contribution is 2.44. The Balaban J connectivity index is 1.44. The molecule has 0 aromatic heterocycles. The van der Waals surface area contributed by atoms with Crippen molar-refractivity contribution in [2.75, 3.05) is 13.2 Å². The van der Waals surface area contributed by atoms with Crippen molar-refractivity contribution in [3.63, 3.8) is 0 Å². The monoisotopic (exact) mass is 548 g/mol. The molecule has 5 rings (SSSR count). The van der Waals surface area contributed by atoms with E-state index in [-0.39, 0.29) is 18.5 Å². The lowest BCUT2D eigenvalue weighted by molar-refractivity contribution is -0.161. The Kier molecular flexibility index (Phi) is 7.20. The molecule has 3 atom stereocenters. The summed E-state index contributed by atoms with van der Waals surface area (Å²) in [6.45, 7) is 7.93. The average molecular weight is 549 g/mol. The number of benzene rings is 2. The Morgan fingerprint density at radius 2 is 1.88 bits per heavy atom. The number of amides is 2. The summed E-state index contributed by atoms with van der Waals surface area (Å²) in [6, 6.07) is 11.0. The zero-order chi connectivity index (χ0) is 28.7. The molecule has 0 radical (unpaired) electrons. The van der Waals surface area contributed by atoms with E-state index in [2.05, 4.69) is 10.6 Å². The van der Waals surface area contributed by atoms with Gasteiger partial charge in [0.05, 0.1) is 25.7 Å². The summed E-state index contributed by atoms with van der Waals surface area (Å²) in [7, 11) is 0. The maximum atomic E-state index is 13.6. The van der Waals surface area contributed by atoms with Crippen molar-refractivity contribution in [2.24, 2.45) is 0 Å². The smallest absolute Gasteiger partial charge is 0.352 e. The number of ether oxygens (including phenoxy) is 3. The predicted octanol–water partition coefficient (Wildman–Crippen LogP) is 4.01. The fourth-order valence-corrected chi connectivity index (χ4v) is 5.91. The fraction of sp³-hybridized carbons (Fsp3) is 0.467. The van der Waals surface area contributed by atoms with Crippen LogP contribution >= 0.6 is 0 Å². The maximum absolute atomic E-state index is 13.6. The molecule has 10 heteroatoms. The van der Waals surface area contributed by atoms with Gasteiger partial charge in [0.1, 0.15) is 17.5 Å². The van der Waals surface area contributed by atoms with Gasteiger partial charge >= 0.3 is 5.97 Å². The molecular weight excluding hydrogens is 512 g/mol. The number of guanidine groups is 1. The normalized spacial score (nSPS) is 24.6. The molecule has 212 valence electrons. The quantitative estimate of drug-likeness (QED) is 0.446. The minimum absolute atomic E-state index is 0.0672. The van der Waals surface area contributed by atoms with Crippen LogP contribution < -0.4 is 20.1 Å². The molecule has 2 aromatic carbocycles. The van der Waals surface area contributed by atoms with Crippen LogP contribution in [-0.4, -0.2) is 53.0 Å². The van der Waals surface area contributed by atoms with Crippen molar-refractivity contribution < 1.29 is 28.6 Å². The van der Waals surface area contributed by atoms with E-state index in [0.29, 0.717) is 47.6 Å². The Labute approximate surface area is 233 Å². The van der Waals surface area contributed by atoms with Crippen LogP contribution in [0.25, 0.3) is 0 Å². The second kappa shape index (κ2) is 10.5. The van der Waals surface area contributed by atoms with E-state index in [1.165, 1.54) is 4.90 Å². The first-order valence-electron chi connectivity index (χ1n) is 13.9. The van der Waals surface area contributed by atoms with Crippen LogP contribution in [0.5, 0.6) is 11.5 Å². The molecule has 3 N–H and O–H groups in total. The van der Waals surface area contributed by atoms with Gasteiger partial charge in [-0.1, -0.05) is 32.0 Å². The third-order valence-electron chi connectivity index (χ3n) is 8.39. The number of carbonyl (C=O) groups excluding carboxylic acids is 3. The second-order valence-electron chi connectivity index (χ2n) is 10.7. The number of hydrogen-bond acceptors (Lipinski definition) is 7. The first-order valence-corrected chi connectivity index (χ1v) is 13.9. The second-order valence-corrected chi connectivity index (χ2v) is 10.7. The summed E-state index contributed by atoms with van der Waals surface area (Å²) in [4.78, 5) is 41.5. The van der Waals surface area contributed by atoms with Gasteiger partial charge in [0.15, 0.2) is 5.96 Å². The lowest BCUT2D eigenvalue weighted by atomic mass is 9.85. The first-order chi connectivity index (χ1) is 19.2. The van der Waals surface area contributed by atoms with Crippen molar-refractivity contribution in [2.45, 2.75) is 76.6 Å². The van der Waals surface area contributed by atoms with E-state index >= 15 is 0 Å². The molecule has 1 saturated heterocycles. The number of nitrogens with zero attached hydrogens (tertiary/aromatic N) is 1. The van der Waals surface area contributed by atoms with Gasteiger partial charge in [-0.25, -0.2) is 4.79 Å². The molecule has 40 heavy (non-hydrogen) atoms. The molecular formula is C30H36N4O6. The van der Waals surface area contributed by atoms with E-state index in [1.807, 2.05) is 26.0 Å². The molecule has 3 aliphatic heterocycles. The van der Waals surface area contributed by atoms with Crippen LogP contribution in [0, 0.1) is 5.41 Å². The molecule has 2 unspecified atom stereocenters. The highest BCUT2D eigenvalue weighted by Gasteiger charge is 2.53. The van der Waals surface area contributed by atoms with Gasteiger partial charge in [-0.05, 0) is 51.0 Å². The number of carbonyl (C=O) groups is 3. The van der Waals surface area contributed by atoms with Gasteiger partial charge in [0.25, 0.3) is 5.91 Å². The molecule has 0 saturated carbocycles. The summed E-state index contributed by atoms with van der Waals surface area (Å²) in [6.07, 6.45) is 2.25. The Hall–Kier alpha value is -4.08. The number of rotatable bonds is 7. The molecule has 2 aromatic rings. The summed E-state index contributed by atoms with van der Waals surface area (Å²) in [5, 5.41) is 15.0. The zero-order valence-corrected chi connectivity index (χ0v) is 23.3. The number of nitrogens with one attached hydrogen (secondary N) is 3. The third-order valence-corrected chi connectivity index (χ3v) is 8.39. The van der Waals surface area contributed by atoms with Crippen LogP contribution in [0.4, 0.5) is 0 Å². The molecule has 1 fully saturated rings. The molecule has 10 nitrogen and oxygen atoms in total. The molecule has 0 aliphatic carbocycles. The van der Waals surface area contributed by atoms with Crippen molar-refractivity contribution >= 4 is 23.7 Å². The van der Waals surface area contributed by atoms with E-state index in [1.54, 1.807) is 44.2 Å². The third kappa shape index (κ3) is 4.55. The van der Waals surface area contributed by atoms with Crippen LogP contribution in [0.15, 0.2) is 42.5 Å². The largest absolute Gasteiger partial charge is 0.493 e. The van der Waals surface area contributed by atoms with E-state index in [9.17, 15) is 14.4 Å². The van der Waals surface area contributed by atoms with Gasteiger partial charge in [-0.15, -0.1) is 0 Å². The number of esters is 1. The fourth-order valence-electron chi connectivity index (χ4n) is 5.91. The van der Waals surface area contributed by atoms with Crippen LogP contribution in [-0.2, 0) is 14.3 Å². The number of fused-ring (bicyclic) bond motifs is 2. The van der Waals surface area contributed by atoms with Gasteiger partial charge in [0.2, 0.25) is 11.5 Å². The molecule has 0 spiro atoms. The average Bonchev–Trinajstić information content (AvgIpc) is 3.24. The van der Waals surface area contributed by atoms with E-state index in [0.717, 1.165) is 12.8 Å². The van der Waals surface area contributed by atoms with E-state index < -0.39 is 35.1 Å². The lowest BCUT2D eigenvalue weighted by Crippen LogP contribution is -2.62. The van der Waals surface area contributed by atoms with Crippen LogP contribution in [0.1, 0.15) is 86.9 Å². The number of hydrogen-bond donors (Lipinski definition) is 3. The highest BCUT2D eigenvalue weighted by atomic mass is 16.6. The Bertz CT molecular complexity index is 1340. The van der Waals surface area contributed by atoms with Crippen molar-refractivity contribution in [1.82, 2.24) is 15.5 Å². The lowest BCUT2D eigenvalue weighted by Gasteiger charge is -2.45. The topological polar surface area (TPSA) is 130 Å². The molecule has 3 heterocycles. The maximum Gasteiger partial charge on any atom is 0.352 e. The van der Waals surface area contributed by atoms with Crippen molar-refractivity contribution in [3.8, 4) is 11.5 Å². The Morgan fingerprint density at radius 1 is 1.12 bits per heavy atom. The minimum Gasteiger partial charge on any atom is -0.493 e. The van der Waals surface area contributed by atoms with Crippen LogP contribution in [0.2, 0.25) is 0 Å². The van der Waals surface area contributed by atoms with Gasteiger partial charge in [0, 0.05) is 28.7 Å².